The number of benzene rings is 1. The Hall–Kier alpha value is -0.400. The average Bonchev–Trinajstić information content (AvgIpc) is 2.41. The lowest BCUT2D eigenvalue weighted by molar-refractivity contribution is 0.580. The molecule has 1 fully saturated rings. The van der Waals surface area contributed by atoms with Crippen LogP contribution in [0.5, 0.6) is 0 Å². The van der Waals surface area contributed by atoms with E-state index >= 15 is 0 Å². The molecule has 7 heteroatoms. The molecule has 1 saturated heterocycles. The molecule has 4 nitrogen and oxygen atoms in total. The van der Waals surface area contributed by atoms with E-state index in [0.717, 1.165) is 15.9 Å². The van der Waals surface area contributed by atoms with Gasteiger partial charge in [0.05, 0.1) is 11.4 Å². The zero-order valence-electron chi connectivity index (χ0n) is 10.7. The first-order valence-corrected chi connectivity index (χ1v) is 9.73. The van der Waals surface area contributed by atoms with Crippen molar-refractivity contribution in [3.05, 3.63) is 22.7 Å². The molecule has 0 spiro atoms. The molecule has 1 unspecified atom stereocenters. The summed E-state index contributed by atoms with van der Waals surface area (Å²) in [7, 11) is -3.11. The predicted octanol–water partition coefficient (Wildman–Crippen LogP) is 2.35. The highest BCUT2D eigenvalue weighted by Gasteiger charge is 2.33. The molecule has 1 aromatic carbocycles. The zero-order valence-corrected chi connectivity index (χ0v) is 13.9. The molecule has 1 aromatic rings. The standard InChI is InChI=1S/C12H17BrN2O2S2/c1-2-19(16,17)12-8-18-6-5-15(12)11-7-9(13)3-4-10(11)14/h3-4,7,12H,2,5-6,8,14H2,1H3. The van der Waals surface area contributed by atoms with Crippen LogP contribution < -0.4 is 10.6 Å². The Morgan fingerprint density at radius 2 is 2.26 bits per heavy atom. The monoisotopic (exact) mass is 364 g/mol. The van der Waals surface area contributed by atoms with Crippen molar-refractivity contribution in [1.82, 2.24) is 0 Å². The first-order chi connectivity index (χ1) is 8.95. The van der Waals surface area contributed by atoms with Crippen molar-refractivity contribution in [2.75, 3.05) is 34.4 Å². The summed E-state index contributed by atoms with van der Waals surface area (Å²) in [5.41, 5.74) is 7.42. The number of hydrogen-bond acceptors (Lipinski definition) is 5. The third kappa shape index (κ3) is 3.20. The van der Waals surface area contributed by atoms with Gasteiger partial charge in [0.15, 0.2) is 9.84 Å². The SMILES string of the molecule is CCS(=O)(=O)C1CSCCN1c1cc(Br)ccc1N. The molecular weight excluding hydrogens is 348 g/mol. The summed E-state index contributed by atoms with van der Waals surface area (Å²) in [6.45, 7) is 2.40. The van der Waals surface area contributed by atoms with E-state index in [-0.39, 0.29) is 5.75 Å². The van der Waals surface area contributed by atoms with Crippen molar-refractivity contribution in [2.24, 2.45) is 0 Å². The van der Waals surface area contributed by atoms with E-state index in [4.69, 9.17) is 5.73 Å². The van der Waals surface area contributed by atoms with E-state index in [1.54, 1.807) is 24.8 Å². The third-order valence-electron chi connectivity index (χ3n) is 3.20. The van der Waals surface area contributed by atoms with Crippen LogP contribution in [-0.4, -0.2) is 37.6 Å². The highest BCUT2D eigenvalue weighted by Crippen LogP contribution is 2.33. The van der Waals surface area contributed by atoms with Crippen LogP contribution in [0.2, 0.25) is 0 Å². The number of anilines is 2. The van der Waals surface area contributed by atoms with Gasteiger partial charge in [-0.25, -0.2) is 8.42 Å². The van der Waals surface area contributed by atoms with Crippen molar-refractivity contribution in [1.29, 1.82) is 0 Å². The first-order valence-electron chi connectivity index (χ1n) is 6.06. The Labute approximate surface area is 126 Å². The smallest absolute Gasteiger partial charge is 0.171 e. The van der Waals surface area contributed by atoms with Gasteiger partial charge in [0.1, 0.15) is 5.37 Å². The first kappa shape index (κ1) is 15.0. The zero-order chi connectivity index (χ0) is 14.0. The lowest BCUT2D eigenvalue weighted by atomic mass is 10.2. The maximum absolute atomic E-state index is 12.2. The average molecular weight is 365 g/mol. The number of halogens is 1. The second-order valence-electron chi connectivity index (χ2n) is 4.38. The van der Waals surface area contributed by atoms with Crippen molar-refractivity contribution in [3.63, 3.8) is 0 Å². The Morgan fingerprint density at radius 3 is 2.95 bits per heavy atom. The molecule has 2 N–H and O–H groups in total. The molecule has 1 atom stereocenters. The minimum Gasteiger partial charge on any atom is -0.397 e. The molecular formula is C12H17BrN2O2S2. The van der Waals surface area contributed by atoms with Crippen LogP contribution in [0, 0.1) is 0 Å². The summed E-state index contributed by atoms with van der Waals surface area (Å²) < 4.78 is 25.4. The largest absolute Gasteiger partial charge is 0.397 e. The van der Waals surface area contributed by atoms with E-state index in [9.17, 15) is 8.42 Å². The van der Waals surface area contributed by atoms with Crippen molar-refractivity contribution in [2.45, 2.75) is 12.3 Å². The molecule has 1 heterocycles. The fraction of sp³-hybridized carbons (Fsp3) is 0.500. The topological polar surface area (TPSA) is 63.4 Å². The van der Waals surface area contributed by atoms with E-state index < -0.39 is 15.2 Å². The molecule has 0 saturated carbocycles. The van der Waals surface area contributed by atoms with Gasteiger partial charge in [0, 0.05) is 28.3 Å². The Kier molecular flexibility index (Phi) is 4.68. The van der Waals surface area contributed by atoms with Gasteiger partial charge in [-0.2, -0.15) is 11.8 Å². The van der Waals surface area contributed by atoms with Crippen LogP contribution in [0.15, 0.2) is 22.7 Å². The van der Waals surface area contributed by atoms with Crippen molar-refractivity contribution in [3.8, 4) is 0 Å². The van der Waals surface area contributed by atoms with Gasteiger partial charge < -0.3 is 10.6 Å². The number of sulfone groups is 1. The van der Waals surface area contributed by atoms with Gasteiger partial charge in [-0.05, 0) is 18.2 Å². The molecule has 0 aliphatic carbocycles. The molecule has 0 amide bonds. The van der Waals surface area contributed by atoms with E-state index in [1.807, 2.05) is 17.0 Å². The summed E-state index contributed by atoms with van der Waals surface area (Å²) in [6.07, 6.45) is 0. The van der Waals surface area contributed by atoms with Crippen LogP contribution in [0.25, 0.3) is 0 Å². The van der Waals surface area contributed by atoms with Crippen LogP contribution in [-0.2, 0) is 9.84 Å². The lowest BCUT2D eigenvalue weighted by Crippen LogP contribution is -2.48. The minimum absolute atomic E-state index is 0.155. The Balaban J connectivity index is 2.42. The normalized spacial score (nSPS) is 20.5. The van der Waals surface area contributed by atoms with Crippen LogP contribution >= 0.6 is 27.7 Å². The Bertz CT molecular complexity index is 563. The van der Waals surface area contributed by atoms with Gasteiger partial charge in [-0.3, -0.25) is 0 Å². The van der Waals surface area contributed by atoms with Crippen molar-refractivity contribution < 1.29 is 8.42 Å². The van der Waals surface area contributed by atoms with Crippen LogP contribution in [0.3, 0.4) is 0 Å². The van der Waals surface area contributed by atoms with Gasteiger partial charge in [-0.15, -0.1) is 0 Å². The number of rotatable bonds is 3. The molecule has 0 bridgehead atoms. The second kappa shape index (κ2) is 5.93. The fourth-order valence-corrected chi connectivity index (χ4v) is 5.44. The number of nitrogens with two attached hydrogens (primary N) is 1. The summed E-state index contributed by atoms with van der Waals surface area (Å²) in [5, 5.41) is -0.479. The molecule has 2 rings (SSSR count). The highest BCUT2D eigenvalue weighted by atomic mass is 79.9. The molecule has 106 valence electrons. The maximum Gasteiger partial charge on any atom is 0.171 e. The van der Waals surface area contributed by atoms with Gasteiger partial charge >= 0.3 is 0 Å². The lowest BCUT2D eigenvalue weighted by Gasteiger charge is -2.37. The van der Waals surface area contributed by atoms with Gasteiger partial charge in [0.2, 0.25) is 0 Å². The predicted molar refractivity (Wildman–Crippen MR) is 86.5 cm³/mol. The maximum atomic E-state index is 12.2. The summed E-state index contributed by atoms with van der Waals surface area (Å²) in [4.78, 5) is 1.93. The Morgan fingerprint density at radius 1 is 1.53 bits per heavy atom. The van der Waals surface area contributed by atoms with E-state index in [0.29, 0.717) is 18.0 Å². The number of thioether (sulfide) groups is 1. The highest BCUT2D eigenvalue weighted by molar-refractivity contribution is 9.10. The molecule has 0 radical (unpaired) electrons. The summed E-state index contributed by atoms with van der Waals surface area (Å²) in [6, 6.07) is 5.56. The van der Waals surface area contributed by atoms with Crippen molar-refractivity contribution >= 4 is 48.9 Å². The quantitative estimate of drug-likeness (QED) is 0.833. The molecule has 1 aliphatic rings. The number of hydrogen-bond donors (Lipinski definition) is 1. The third-order valence-corrected chi connectivity index (χ3v) is 6.99. The van der Waals surface area contributed by atoms with E-state index in [2.05, 4.69) is 15.9 Å². The van der Waals surface area contributed by atoms with E-state index in [1.165, 1.54) is 0 Å². The molecule has 0 aromatic heterocycles. The second-order valence-corrected chi connectivity index (χ2v) is 8.89. The summed E-state index contributed by atoms with van der Waals surface area (Å²) in [5.74, 6) is 1.67. The molecule has 1 aliphatic heterocycles. The fourth-order valence-electron chi connectivity index (χ4n) is 2.11. The number of nitrogen functional groups attached to an aromatic ring is 1. The molecule has 19 heavy (non-hydrogen) atoms. The van der Waals surface area contributed by atoms with Crippen LogP contribution in [0.1, 0.15) is 6.92 Å². The van der Waals surface area contributed by atoms with Crippen LogP contribution in [0.4, 0.5) is 11.4 Å². The summed E-state index contributed by atoms with van der Waals surface area (Å²) >= 11 is 5.09. The number of nitrogens with zero attached hydrogens (tertiary/aromatic N) is 1. The minimum atomic E-state index is -3.11. The van der Waals surface area contributed by atoms with Gasteiger partial charge in [0.25, 0.3) is 0 Å². The van der Waals surface area contributed by atoms with Gasteiger partial charge in [-0.1, -0.05) is 22.9 Å².